The molecule has 11 nitrogen and oxygen atoms in total. The first-order valence-corrected chi connectivity index (χ1v) is 14.1. The number of carbonyl (C=O) groups is 3. The van der Waals surface area contributed by atoms with Crippen molar-refractivity contribution in [1.29, 1.82) is 0 Å². The highest BCUT2D eigenvalue weighted by Gasteiger charge is 2.23. The van der Waals surface area contributed by atoms with Crippen LogP contribution in [0.3, 0.4) is 0 Å². The van der Waals surface area contributed by atoms with Crippen LogP contribution < -0.4 is 5.32 Å². The van der Waals surface area contributed by atoms with Crippen LogP contribution >= 0.6 is 0 Å². The molecule has 0 spiro atoms. The molecule has 3 rings (SSSR count). The van der Waals surface area contributed by atoms with Gasteiger partial charge in [-0.2, -0.15) is 0 Å². The molecular formula is C30H41N3O8. The summed E-state index contributed by atoms with van der Waals surface area (Å²) in [6.07, 6.45) is 11.2. The van der Waals surface area contributed by atoms with Gasteiger partial charge < -0.3 is 34.7 Å². The number of nitrogens with one attached hydrogen (secondary N) is 1. The largest absolute Gasteiger partial charge is 0.508 e. The van der Waals surface area contributed by atoms with E-state index >= 15 is 0 Å². The van der Waals surface area contributed by atoms with E-state index < -0.39 is 17.8 Å². The Kier molecular flexibility index (Phi) is 12.7. The number of aromatic hydroxyl groups is 2. The van der Waals surface area contributed by atoms with Gasteiger partial charge in [-0.15, -0.1) is 0 Å². The Morgan fingerprint density at radius 1 is 1.15 bits per heavy atom. The van der Waals surface area contributed by atoms with E-state index in [1.54, 1.807) is 17.9 Å². The molecule has 224 valence electrons. The van der Waals surface area contributed by atoms with Crippen molar-refractivity contribution in [2.24, 2.45) is 5.16 Å². The Hall–Kier alpha value is -3.86. The SMILES string of the molecule is CC(=O)NCCCOC1/C=C/C[C@@H](C)OC(=O)c2c(O)cc(O)cc2CC(=N/OCC(=O)N2CCCCC2)/C=C/C1. The van der Waals surface area contributed by atoms with Gasteiger partial charge in [-0.25, -0.2) is 4.79 Å². The monoisotopic (exact) mass is 571 g/mol. The average Bonchev–Trinajstić information content (AvgIpc) is 2.91. The van der Waals surface area contributed by atoms with Gasteiger partial charge in [0.05, 0.1) is 11.8 Å². The van der Waals surface area contributed by atoms with Crippen LogP contribution in [0.2, 0.25) is 0 Å². The van der Waals surface area contributed by atoms with Gasteiger partial charge in [0.1, 0.15) is 23.2 Å². The van der Waals surface area contributed by atoms with Crippen molar-refractivity contribution < 1.29 is 38.9 Å². The molecule has 11 heteroatoms. The van der Waals surface area contributed by atoms with E-state index in [0.29, 0.717) is 56.8 Å². The summed E-state index contributed by atoms with van der Waals surface area (Å²) in [5.41, 5.74) is 0.600. The van der Waals surface area contributed by atoms with E-state index in [0.717, 1.165) is 25.3 Å². The van der Waals surface area contributed by atoms with E-state index in [-0.39, 0.29) is 42.3 Å². The van der Waals surface area contributed by atoms with Gasteiger partial charge in [-0.1, -0.05) is 23.4 Å². The van der Waals surface area contributed by atoms with Crippen molar-refractivity contribution in [2.75, 3.05) is 32.8 Å². The molecule has 1 fully saturated rings. The number of benzene rings is 1. The van der Waals surface area contributed by atoms with Crippen LogP contribution in [0.4, 0.5) is 0 Å². The van der Waals surface area contributed by atoms with E-state index in [1.807, 2.05) is 18.2 Å². The number of phenols is 2. The van der Waals surface area contributed by atoms with E-state index in [4.69, 9.17) is 14.3 Å². The first-order valence-electron chi connectivity index (χ1n) is 14.1. The maximum Gasteiger partial charge on any atom is 0.342 e. The minimum Gasteiger partial charge on any atom is -0.508 e. The van der Waals surface area contributed by atoms with Gasteiger partial charge in [-0.05, 0) is 56.7 Å². The molecule has 41 heavy (non-hydrogen) atoms. The maximum atomic E-state index is 13.0. The van der Waals surface area contributed by atoms with Crippen LogP contribution in [0.15, 0.2) is 41.6 Å². The van der Waals surface area contributed by atoms with Crippen molar-refractivity contribution in [2.45, 2.75) is 71.0 Å². The lowest BCUT2D eigenvalue weighted by Crippen LogP contribution is -2.37. The Balaban J connectivity index is 1.81. The van der Waals surface area contributed by atoms with Gasteiger partial charge >= 0.3 is 5.97 Å². The van der Waals surface area contributed by atoms with Crippen LogP contribution in [0.1, 0.15) is 68.3 Å². The second-order valence-corrected chi connectivity index (χ2v) is 10.2. The second-order valence-electron chi connectivity index (χ2n) is 10.2. The first-order chi connectivity index (χ1) is 19.7. The summed E-state index contributed by atoms with van der Waals surface area (Å²) in [6, 6.07) is 2.46. The number of esters is 1. The zero-order valence-electron chi connectivity index (χ0n) is 23.8. The number of hydrogen-bond acceptors (Lipinski definition) is 9. The number of piperidine rings is 1. The molecule has 0 bridgehead atoms. The topological polar surface area (TPSA) is 147 Å². The second kappa shape index (κ2) is 16.4. The lowest BCUT2D eigenvalue weighted by Gasteiger charge is -2.26. The number of rotatable bonds is 8. The predicted molar refractivity (Wildman–Crippen MR) is 153 cm³/mol. The molecule has 2 atom stereocenters. The third kappa shape index (κ3) is 10.9. The number of likely N-dealkylation sites (tertiary alicyclic amines) is 1. The maximum absolute atomic E-state index is 13.0. The van der Waals surface area contributed by atoms with Crippen LogP contribution in [-0.4, -0.2) is 83.7 Å². The Morgan fingerprint density at radius 3 is 2.68 bits per heavy atom. The summed E-state index contributed by atoms with van der Waals surface area (Å²) in [4.78, 5) is 43.9. The molecule has 0 radical (unpaired) electrons. The van der Waals surface area contributed by atoms with Crippen LogP contribution in [0.25, 0.3) is 0 Å². The molecule has 1 aromatic rings. The van der Waals surface area contributed by atoms with Gasteiger partial charge in [-0.3, -0.25) is 9.59 Å². The predicted octanol–water partition coefficient (Wildman–Crippen LogP) is 3.39. The summed E-state index contributed by atoms with van der Waals surface area (Å²) in [5.74, 6) is -1.60. The highest BCUT2D eigenvalue weighted by molar-refractivity contribution is 6.00. The summed E-state index contributed by atoms with van der Waals surface area (Å²) >= 11 is 0. The van der Waals surface area contributed by atoms with Crippen molar-refractivity contribution in [3.8, 4) is 11.5 Å². The minimum atomic E-state index is -0.731. The van der Waals surface area contributed by atoms with Crippen LogP contribution in [0.5, 0.6) is 11.5 Å². The van der Waals surface area contributed by atoms with Gasteiger partial charge in [0.2, 0.25) is 5.91 Å². The zero-order valence-corrected chi connectivity index (χ0v) is 23.8. The molecule has 0 saturated carbocycles. The molecule has 1 aromatic carbocycles. The number of allylic oxidation sites excluding steroid dienone is 1. The molecule has 2 amide bonds. The average molecular weight is 572 g/mol. The first kappa shape index (κ1) is 31.7. The number of nitrogens with zero attached hydrogens (tertiary/aromatic N) is 2. The van der Waals surface area contributed by atoms with Crippen molar-refractivity contribution in [1.82, 2.24) is 10.2 Å². The molecule has 2 heterocycles. The highest BCUT2D eigenvalue weighted by Crippen LogP contribution is 2.29. The number of cyclic esters (lactones) is 1. The molecular weight excluding hydrogens is 530 g/mol. The Labute approximate surface area is 240 Å². The summed E-state index contributed by atoms with van der Waals surface area (Å²) in [6.45, 7) is 5.33. The fourth-order valence-corrected chi connectivity index (χ4v) is 4.59. The normalized spacial score (nSPS) is 22.6. The quantitative estimate of drug-likeness (QED) is 0.186. The number of carbonyl (C=O) groups excluding carboxylic acids is 3. The van der Waals surface area contributed by atoms with Crippen molar-refractivity contribution in [3.63, 3.8) is 0 Å². The van der Waals surface area contributed by atoms with Gasteiger partial charge in [0.25, 0.3) is 5.91 Å². The van der Waals surface area contributed by atoms with Gasteiger partial charge in [0, 0.05) is 52.1 Å². The molecule has 1 saturated heterocycles. The van der Waals surface area contributed by atoms with Crippen molar-refractivity contribution >= 4 is 23.5 Å². The van der Waals surface area contributed by atoms with Crippen LogP contribution in [0, 0.1) is 0 Å². The summed E-state index contributed by atoms with van der Waals surface area (Å²) in [7, 11) is 0. The fraction of sp³-hybridized carbons (Fsp3) is 0.533. The molecule has 1 unspecified atom stereocenters. The van der Waals surface area contributed by atoms with E-state index in [9.17, 15) is 24.6 Å². The summed E-state index contributed by atoms with van der Waals surface area (Å²) < 4.78 is 11.6. The standard InChI is InChI=1S/C30H41N3O8/c1-21-9-6-11-26(39-16-8-13-31-22(2)34)12-7-10-24(32-40-20-28(37)33-14-4-3-5-15-33)17-23-18-25(35)19-27(36)29(23)30(38)41-21/h6-7,10-11,18-19,21,26,35-36H,3-5,8-9,12-17,20H2,1-2H3,(H,31,34)/b10-7+,11-6+,32-24+/t21-,26?/m1/s1. The third-order valence-corrected chi connectivity index (χ3v) is 6.67. The molecule has 2 aliphatic rings. The number of hydrogen-bond donors (Lipinski definition) is 3. The summed E-state index contributed by atoms with van der Waals surface area (Å²) in [5, 5.41) is 27.6. The smallest absolute Gasteiger partial charge is 0.342 e. The number of oxime groups is 1. The van der Waals surface area contributed by atoms with E-state index in [1.165, 1.54) is 13.0 Å². The molecule has 0 aliphatic carbocycles. The Morgan fingerprint density at radius 2 is 1.93 bits per heavy atom. The number of fused-ring (bicyclic) bond motifs is 1. The van der Waals surface area contributed by atoms with E-state index in [2.05, 4.69) is 10.5 Å². The highest BCUT2D eigenvalue weighted by atomic mass is 16.6. The number of phenolic OH excluding ortho intramolecular Hbond substituents is 2. The molecule has 2 aliphatic heterocycles. The van der Waals surface area contributed by atoms with Gasteiger partial charge in [0.15, 0.2) is 6.61 Å². The fourth-order valence-electron chi connectivity index (χ4n) is 4.59. The van der Waals surface area contributed by atoms with Crippen molar-refractivity contribution in [3.05, 3.63) is 47.6 Å². The lowest BCUT2D eigenvalue weighted by atomic mass is 9.99. The number of ether oxygens (including phenoxy) is 2. The third-order valence-electron chi connectivity index (χ3n) is 6.67. The number of amides is 2. The minimum absolute atomic E-state index is 0.0211. The molecule has 3 N–H and O–H groups in total. The molecule has 0 aromatic heterocycles. The Bertz CT molecular complexity index is 1140. The van der Waals surface area contributed by atoms with Crippen LogP contribution in [-0.2, 0) is 30.3 Å². The lowest BCUT2D eigenvalue weighted by molar-refractivity contribution is -0.137. The zero-order chi connectivity index (χ0) is 29.6.